The maximum atomic E-state index is 5.23. The predicted octanol–water partition coefficient (Wildman–Crippen LogP) is 1.76. The lowest BCUT2D eigenvalue weighted by atomic mass is 9.89. The van der Waals surface area contributed by atoms with Gasteiger partial charge in [0.1, 0.15) is 0 Å². The van der Waals surface area contributed by atoms with Crippen molar-refractivity contribution in [2.24, 2.45) is 5.41 Å². The number of benzene rings is 1. The van der Waals surface area contributed by atoms with Gasteiger partial charge in [-0.3, -0.25) is 4.98 Å². The van der Waals surface area contributed by atoms with Gasteiger partial charge in [-0.2, -0.15) is 0 Å². The van der Waals surface area contributed by atoms with Gasteiger partial charge in [-0.05, 0) is 12.1 Å². The molecule has 0 bridgehead atoms. The summed E-state index contributed by atoms with van der Waals surface area (Å²) in [4.78, 5) is 8.99. The minimum absolute atomic E-state index is 0.296. The Kier molecular flexibility index (Phi) is 2.97. The zero-order valence-electron chi connectivity index (χ0n) is 10.5. The Labute approximate surface area is 106 Å². The smallest absolute Gasteiger partial charge is 0.0890 e. The summed E-state index contributed by atoms with van der Waals surface area (Å²) in [5, 5.41) is 3.43. The number of nitrogens with zero attached hydrogens (tertiary/aromatic N) is 2. The van der Waals surface area contributed by atoms with Crippen LogP contribution in [0.5, 0.6) is 0 Å². The zero-order valence-corrected chi connectivity index (χ0v) is 10.5. The van der Waals surface area contributed by atoms with Crippen molar-refractivity contribution < 1.29 is 4.74 Å². The van der Waals surface area contributed by atoms with Gasteiger partial charge in [-0.15, -0.1) is 0 Å². The number of fused-ring (bicyclic) bond motifs is 1. The van der Waals surface area contributed by atoms with E-state index in [1.807, 2.05) is 30.5 Å². The number of hydrogen-bond donors (Lipinski definition) is 1. The van der Waals surface area contributed by atoms with Crippen molar-refractivity contribution in [1.82, 2.24) is 15.3 Å². The number of ether oxygens (including phenoxy) is 1. The molecule has 94 valence electrons. The lowest BCUT2D eigenvalue weighted by Crippen LogP contribution is -2.47. The molecular weight excluding hydrogens is 226 g/mol. The summed E-state index contributed by atoms with van der Waals surface area (Å²) in [5.74, 6) is 0. The van der Waals surface area contributed by atoms with Crippen LogP contribution in [0.25, 0.3) is 11.0 Å². The molecule has 3 rings (SSSR count). The van der Waals surface area contributed by atoms with Crippen LogP contribution in [0.2, 0.25) is 0 Å². The van der Waals surface area contributed by atoms with Crippen LogP contribution >= 0.6 is 0 Å². The van der Waals surface area contributed by atoms with E-state index >= 15 is 0 Å². The second-order valence-corrected chi connectivity index (χ2v) is 5.26. The van der Waals surface area contributed by atoms with E-state index in [0.29, 0.717) is 5.41 Å². The largest absolute Gasteiger partial charge is 0.380 e. The van der Waals surface area contributed by atoms with Crippen molar-refractivity contribution >= 4 is 11.0 Å². The van der Waals surface area contributed by atoms with Gasteiger partial charge in [0.05, 0.1) is 36.1 Å². The average molecular weight is 243 g/mol. The van der Waals surface area contributed by atoms with Crippen LogP contribution in [0.1, 0.15) is 12.6 Å². The van der Waals surface area contributed by atoms with Crippen LogP contribution in [0.3, 0.4) is 0 Å². The molecule has 0 radical (unpaired) electrons. The quantitative estimate of drug-likeness (QED) is 0.888. The van der Waals surface area contributed by atoms with E-state index in [1.165, 1.54) is 0 Å². The molecule has 1 N–H and O–H groups in total. The van der Waals surface area contributed by atoms with E-state index in [2.05, 4.69) is 22.2 Å². The molecule has 1 aromatic carbocycles. The molecular formula is C14H17N3O. The molecule has 0 spiro atoms. The van der Waals surface area contributed by atoms with Crippen molar-refractivity contribution in [3.05, 3.63) is 36.2 Å². The summed E-state index contributed by atoms with van der Waals surface area (Å²) in [6.07, 6.45) is 1.84. The second-order valence-electron chi connectivity index (χ2n) is 5.26. The Morgan fingerprint density at radius 3 is 2.78 bits per heavy atom. The van der Waals surface area contributed by atoms with Gasteiger partial charge >= 0.3 is 0 Å². The molecule has 1 aliphatic heterocycles. The summed E-state index contributed by atoms with van der Waals surface area (Å²) in [7, 11) is 0. The first kappa shape index (κ1) is 11.6. The molecule has 1 saturated heterocycles. The maximum Gasteiger partial charge on any atom is 0.0890 e. The summed E-state index contributed by atoms with van der Waals surface area (Å²) < 4.78 is 5.23. The maximum absolute atomic E-state index is 5.23. The Morgan fingerprint density at radius 2 is 2.06 bits per heavy atom. The highest BCUT2D eigenvalue weighted by Gasteiger charge is 2.32. The van der Waals surface area contributed by atoms with Gasteiger partial charge in [0.2, 0.25) is 0 Å². The normalized spacial score (nSPS) is 17.6. The van der Waals surface area contributed by atoms with Crippen molar-refractivity contribution in [3.63, 3.8) is 0 Å². The summed E-state index contributed by atoms with van der Waals surface area (Å²) >= 11 is 0. The first-order chi connectivity index (χ1) is 8.75. The standard InChI is InChI=1S/C14H17N3O/c1-14(9-18-10-14)8-15-6-11-7-16-12-4-2-3-5-13(12)17-11/h2-5,7,15H,6,8-10H2,1H3. The van der Waals surface area contributed by atoms with Gasteiger partial charge in [-0.25, -0.2) is 4.98 Å². The van der Waals surface area contributed by atoms with Crippen molar-refractivity contribution in [2.45, 2.75) is 13.5 Å². The Bertz CT molecular complexity index is 551. The Morgan fingerprint density at radius 1 is 1.28 bits per heavy atom. The Hall–Kier alpha value is -1.52. The van der Waals surface area contributed by atoms with E-state index in [4.69, 9.17) is 4.74 Å². The highest BCUT2D eigenvalue weighted by Crippen LogP contribution is 2.25. The lowest BCUT2D eigenvalue weighted by Gasteiger charge is -2.38. The van der Waals surface area contributed by atoms with Crippen LogP contribution in [0.15, 0.2) is 30.5 Å². The third kappa shape index (κ3) is 2.35. The lowest BCUT2D eigenvalue weighted by molar-refractivity contribution is -0.0991. The molecule has 0 atom stereocenters. The van der Waals surface area contributed by atoms with Crippen molar-refractivity contribution in [3.8, 4) is 0 Å². The molecule has 2 heterocycles. The number of aromatic nitrogens is 2. The van der Waals surface area contributed by atoms with Gasteiger partial charge in [-0.1, -0.05) is 19.1 Å². The molecule has 0 saturated carbocycles. The number of para-hydroxylation sites is 2. The number of rotatable bonds is 4. The van der Waals surface area contributed by atoms with E-state index in [0.717, 1.165) is 43.0 Å². The molecule has 2 aromatic rings. The van der Waals surface area contributed by atoms with Gasteiger partial charge < -0.3 is 10.1 Å². The fourth-order valence-corrected chi connectivity index (χ4v) is 2.13. The third-order valence-corrected chi connectivity index (χ3v) is 3.26. The SMILES string of the molecule is CC1(CNCc2cnc3ccccc3n2)COC1. The molecule has 1 aromatic heterocycles. The molecule has 0 amide bonds. The summed E-state index contributed by atoms with van der Waals surface area (Å²) in [6.45, 7) is 5.65. The first-order valence-corrected chi connectivity index (χ1v) is 6.24. The van der Waals surface area contributed by atoms with Crippen LogP contribution in [0.4, 0.5) is 0 Å². The van der Waals surface area contributed by atoms with Crippen molar-refractivity contribution in [2.75, 3.05) is 19.8 Å². The molecule has 4 heteroatoms. The summed E-state index contributed by atoms with van der Waals surface area (Å²) in [6, 6.07) is 7.94. The summed E-state index contributed by atoms with van der Waals surface area (Å²) in [5.41, 5.74) is 3.18. The predicted molar refractivity (Wildman–Crippen MR) is 70.2 cm³/mol. The molecule has 4 nitrogen and oxygen atoms in total. The van der Waals surface area contributed by atoms with Gasteiger partial charge in [0.15, 0.2) is 0 Å². The molecule has 0 aliphatic carbocycles. The second kappa shape index (κ2) is 4.63. The van der Waals surface area contributed by atoms with E-state index in [1.54, 1.807) is 0 Å². The monoisotopic (exact) mass is 243 g/mol. The van der Waals surface area contributed by atoms with Crippen LogP contribution in [0, 0.1) is 5.41 Å². The number of hydrogen-bond acceptors (Lipinski definition) is 4. The van der Waals surface area contributed by atoms with E-state index in [9.17, 15) is 0 Å². The minimum Gasteiger partial charge on any atom is -0.380 e. The van der Waals surface area contributed by atoms with E-state index < -0.39 is 0 Å². The van der Waals surface area contributed by atoms with E-state index in [-0.39, 0.29) is 0 Å². The fraction of sp³-hybridized carbons (Fsp3) is 0.429. The molecule has 0 unspecified atom stereocenters. The topological polar surface area (TPSA) is 47.0 Å². The molecule has 1 aliphatic rings. The van der Waals surface area contributed by atoms with Crippen LogP contribution in [-0.2, 0) is 11.3 Å². The molecule has 1 fully saturated rings. The number of nitrogens with one attached hydrogen (secondary N) is 1. The fourth-order valence-electron chi connectivity index (χ4n) is 2.13. The van der Waals surface area contributed by atoms with Gasteiger partial charge in [0.25, 0.3) is 0 Å². The minimum atomic E-state index is 0.296. The van der Waals surface area contributed by atoms with Gasteiger partial charge in [0, 0.05) is 18.5 Å². The highest BCUT2D eigenvalue weighted by atomic mass is 16.5. The van der Waals surface area contributed by atoms with Crippen molar-refractivity contribution in [1.29, 1.82) is 0 Å². The van der Waals surface area contributed by atoms with Crippen LogP contribution in [-0.4, -0.2) is 29.7 Å². The Balaban J connectivity index is 1.64. The molecule has 18 heavy (non-hydrogen) atoms. The third-order valence-electron chi connectivity index (χ3n) is 3.26. The highest BCUT2D eigenvalue weighted by molar-refractivity contribution is 5.73. The first-order valence-electron chi connectivity index (χ1n) is 6.24. The zero-order chi connectivity index (χ0) is 12.4. The average Bonchev–Trinajstić information content (AvgIpc) is 2.37. The van der Waals surface area contributed by atoms with Crippen LogP contribution < -0.4 is 5.32 Å².